The Morgan fingerprint density at radius 3 is 2.61 bits per heavy atom. The van der Waals surface area contributed by atoms with Gasteiger partial charge in [-0.15, -0.1) is 11.3 Å². The largest absolute Gasteiger partial charge is 0.416 e. The van der Waals surface area contributed by atoms with Crippen LogP contribution in [0.3, 0.4) is 0 Å². The summed E-state index contributed by atoms with van der Waals surface area (Å²) in [7, 11) is 0. The van der Waals surface area contributed by atoms with Gasteiger partial charge in [0.1, 0.15) is 0 Å². The molecule has 1 N–H and O–H groups in total. The third-order valence-electron chi connectivity index (χ3n) is 3.09. The van der Waals surface area contributed by atoms with Gasteiger partial charge in [-0.25, -0.2) is 4.79 Å². The van der Waals surface area contributed by atoms with E-state index in [0.717, 1.165) is 17.0 Å². The van der Waals surface area contributed by atoms with Crippen molar-refractivity contribution >= 4 is 34.7 Å². The fourth-order valence-corrected chi connectivity index (χ4v) is 3.03. The Morgan fingerprint density at radius 1 is 1.30 bits per heavy atom. The average molecular weight is 363 g/mol. The molecule has 1 heterocycles. The number of hydrogen-bond acceptors (Lipinski definition) is 2. The number of rotatable bonds is 4. The number of nitrogens with one attached hydrogen (secondary N) is 1. The van der Waals surface area contributed by atoms with Gasteiger partial charge in [0.05, 0.1) is 16.4 Å². The number of alkyl halides is 3. The summed E-state index contributed by atoms with van der Waals surface area (Å²) >= 11 is 7.21. The lowest BCUT2D eigenvalue weighted by molar-refractivity contribution is -0.137. The molecule has 0 radical (unpaired) electrons. The van der Waals surface area contributed by atoms with Gasteiger partial charge in [0.25, 0.3) is 0 Å². The molecule has 0 bridgehead atoms. The van der Waals surface area contributed by atoms with E-state index < -0.39 is 17.8 Å². The number of anilines is 1. The summed E-state index contributed by atoms with van der Waals surface area (Å²) in [5.41, 5.74) is -0.698. The molecule has 0 aliphatic carbocycles. The van der Waals surface area contributed by atoms with Crippen LogP contribution in [0.25, 0.3) is 0 Å². The van der Waals surface area contributed by atoms with Crippen LogP contribution in [-0.4, -0.2) is 17.5 Å². The Balaban J connectivity index is 2.07. The molecule has 0 unspecified atom stereocenters. The number of hydrogen-bond donors (Lipinski definition) is 1. The molecule has 0 atom stereocenters. The number of urea groups is 1. The standard InChI is InChI=1S/C15H14ClF3N2OS/c1-2-21(9-12-6-7-13(16)23-12)14(22)20-11-5-3-4-10(8-11)15(17,18)19/h3-8H,2,9H2,1H3,(H,20,22). The molecule has 1 aromatic carbocycles. The van der Waals surface area contributed by atoms with Crippen LogP contribution in [0.5, 0.6) is 0 Å². The number of amides is 2. The normalized spacial score (nSPS) is 11.3. The molecule has 0 fully saturated rings. The number of thiophene rings is 1. The van der Waals surface area contributed by atoms with Crippen LogP contribution in [0.15, 0.2) is 36.4 Å². The first kappa shape index (κ1) is 17.6. The molecule has 0 saturated carbocycles. The summed E-state index contributed by atoms with van der Waals surface area (Å²) < 4.78 is 38.7. The Bertz CT molecular complexity index is 687. The molecule has 2 amide bonds. The van der Waals surface area contributed by atoms with Gasteiger partial charge in [-0.3, -0.25) is 0 Å². The second kappa shape index (κ2) is 7.23. The molecule has 2 rings (SSSR count). The van der Waals surface area contributed by atoms with E-state index in [1.807, 2.05) is 6.07 Å². The second-order valence-corrected chi connectivity index (χ2v) is 6.53. The van der Waals surface area contributed by atoms with Gasteiger partial charge in [-0.2, -0.15) is 13.2 Å². The summed E-state index contributed by atoms with van der Waals surface area (Å²) in [6.45, 7) is 2.56. The van der Waals surface area contributed by atoms with Crippen molar-refractivity contribution in [3.8, 4) is 0 Å². The van der Waals surface area contributed by atoms with Crippen molar-refractivity contribution in [1.29, 1.82) is 0 Å². The smallest absolute Gasteiger partial charge is 0.320 e. The van der Waals surface area contributed by atoms with Crippen LogP contribution >= 0.6 is 22.9 Å². The van der Waals surface area contributed by atoms with Crippen LogP contribution in [0, 0.1) is 0 Å². The maximum Gasteiger partial charge on any atom is 0.416 e. The molecule has 0 saturated heterocycles. The molecule has 2 aromatic rings. The Morgan fingerprint density at radius 2 is 2.04 bits per heavy atom. The van der Waals surface area contributed by atoms with Crippen molar-refractivity contribution in [2.45, 2.75) is 19.6 Å². The average Bonchev–Trinajstić information content (AvgIpc) is 2.89. The van der Waals surface area contributed by atoms with Gasteiger partial charge in [-0.05, 0) is 37.3 Å². The van der Waals surface area contributed by atoms with Gasteiger partial charge in [0, 0.05) is 17.1 Å². The van der Waals surface area contributed by atoms with E-state index in [0.29, 0.717) is 17.4 Å². The molecular formula is C15H14ClF3N2OS. The highest BCUT2D eigenvalue weighted by molar-refractivity contribution is 7.16. The first-order chi connectivity index (χ1) is 10.8. The number of carbonyl (C=O) groups excluding carboxylic acids is 1. The van der Waals surface area contributed by atoms with Gasteiger partial charge in [0.2, 0.25) is 0 Å². The van der Waals surface area contributed by atoms with E-state index in [1.165, 1.54) is 28.4 Å². The zero-order chi connectivity index (χ0) is 17.0. The minimum absolute atomic E-state index is 0.104. The Kier molecular flexibility index (Phi) is 5.54. The van der Waals surface area contributed by atoms with Crippen LogP contribution in [0.4, 0.5) is 23.7 Å². The maximum absolute atomic E-state index is 12.7. The highest BCUT2D eigenvalue weighted by Crippen LogP contribution is 2.30. The quantitative estimate of drug-likeness (QED) is 0.768. The van der Waals surface area contributed by atoms with Crippen LogP contribution in [-0.2, 0) is 12.7 Å². The first-order valence-electron chi connectivity index (χ1n) is 6.77. The molecule has 0 spiro atoms. The first-order valence-corrected chi connectivity index (χ1v) is 7.96. The summed E-state index contributed by atoms with van der Waals surface area (Å²) in [6.07, 6.45) is -4.45. The minimum Gasteiger partial charge on any atom is -0.320 e. The van der Waals surface area contributed by atoms with Crippen LogP contribution in [0.2, 0.25) is 4.34 Å². The van der Waals surface area contributed by atoms with Crippen molar-refractivity contribution in [2.75, 3.05) is 11.9 Å². The lowest BCUT2D eigenvalue weighted by atomic mass is 10.2. The molecule has 3 nitrogen and oxygen atoms in total. The Labute approximate surface area is 140 Å². The van der Waals surface area contributed by atoms with E-state index in [4.69, 9.17) is 11.6 Å². The monoisotopic (exact) mass is 362 g/mol. The summed E-state index contributed by atoms with van der Waals surface area (Å²) in [5.74, 6) is 0. The van der Waals surface area contributed by atoms with Gasteiger partial charge in [-0.1, -0.05) is 17.7 Å². The molecule has 8 heteroatoms. The fourth-order valence-electron chi connectivity index (χ4n) is 1.93. The molecule has 0 aliphatic heterocycles. The Hall–Kier alpha value is -1.73. The van der Waals surface area contributed by atoms with E-state index in [2.05, 4.69) is 5.32 Å². The molecule has 1 aromatic heterocycles. The lowest BCUT2D eigenvalue weighted by Crippen LogP contribution is -2.34. The van der Waals surface area contributed by atoms with Crippen molar-refractivity contribution < 1.29 is 18.0 Å². The summed E-state index contributed by atoms with van der Waals surface area (Å²) in [4.78, 5) is 14.6. The number of nitrogens with zero attached hydrogens (tertiary/aromatic N) is 1. The molecule has 124 valence electrons. The van der Waals surface area contributed by atoms with Crippen molar-refractivity contribution in [2.24, 2.45) is 0 Å². The maximum atomic E-state index is 12.7. The van der Waals surface area contributed by atoms with Gasteiger partial charge >= 0.3 is 12.2 Å². The molecule has 23 heavy (non-hydrogen) atoms. The predicted octanol–water partition coefficient (Wildman–Crippen LogP) is 5.47. The van der Waals surface area contributed by atoms with E-state index in [-0.39, 0.29) is 5.69 Å². The van der Waals surface area contributed by atoms with Crippen molar-refractivity contribution in [3.05, 3.63) is 51.2 Å². The second-order valence-electron chi connectivity index (χ2n) is 4.73. The summed E-state index contributed by atoms with van der Waals surface area (Å²) in [6, 6.07) is 7.63. The van der Waals surface area contributed by atoms with E-state index in [9.17, 15) is 18.0 Å². The van der Waals surface area contributed by atoms with Crippen molar-refractivity contribution in [1.82, 2.24) is 4.90 Å². The van der Waals surface area contributed by atoms with E-state index in [1.54, 1.807) is 13.0 Å². The fraction of sp³-hybridized carbons (Fsp3) is 0.267. The molecule has 0 aliphatic rings. The number of carbonyl (C=O) groups is 1. The SMILES string of the molecule is CCN(Cc1ccc(Cl)s1)C(=O)Nc1cccc(C(F)(F)F)c1. The van der Waals surface area contributed by atoms with Gasteiger partial charge < -0.3 is 10.2 Å². The zero-order valence-electron chi connectivity index (χ0n) is 12.2. The third kappa shape index (κ3) is 4.87. The number of halogens is 4. The highest BCUT2D eigenvalue weighted by Gasteiger charge is 2.30. The van der Waals surface area contributed by atoms with E-state index >= 15 is 0 Å². The van der Waals surface area contributed by atoms with Gasteiger partial charge in [0.15, 0.2) is 0 Å². The van der Waals surface area contributed by atoms with Crippen molar-refractivity contribution in [3.63, 3.8) is 0 Å². The number of benzene rings is 1. The molecular weight excluding hydrogens is 349 g/mol. The third-order valence-corrected chi connectivity index (χ3v) is 4.30. The predicted molar refractivity (Wildman–Crippen MR) is 85.9 cm³/mol. The summed E-state index contributed by atoms with van der Waals surface area (Å²) in [5, 5.41) is 2.49. The van der Waals surface area contributed by atoms with Crippen LogP contribution < -0.4 is 5.32 Å². The topological polar surface area (TPSA) is 32.3 Å². The highest BCUT2D eigenvalue weighted by atomic mass is 35.5. The zero-order valence-corrected chi connectivity index (χ0v) is 13.7. The minimum atomic E-state index is -4.45. The lowest BCUT2D eigenvalue weighted by Gasteiger charge is -2.21. The van der Waals surface area contributed by atoms with Crippen LogP contribution in [0.1, 0.15) is 17.4 Å².